The topological polar surface area (TPSA) is 49.8 Å². The molecule has 0 aromatic carbocycles. The van der Waals surface area contributed by atoms with Crippen molar-refractivity contribution >= 4 is 5.97 Å². The summed E-state index contributed by atoms with van der Waals surface area (Å²) in [4.78, 5) is 12.6. The smallest absolute Gasteiger partial charge is 0.317 e. The Morgan fingerprint density at radius 2 is 2.21 bits per heavy atom. The Morgan fingerprint density at radius 3 is 2.64 bits per heavy atom. The monoisotopic (exact) mass is 203 g/mol. The van der Waals surface area contributed by atoms with E-state index in [4.69, 9.17) is 9.84 Å². The van der Waals surface area contributed by atoms with Crippen molar-refractivity contribution in [3.05, 3.63) is 0 Å². The van der Waals surface area contributed by atoms with Gasteiger partial charge in [-0.3, -0.25) is 9.69 Å². The molecule has 4 nitrogen and oxygen atoms in total. The lowest BCUT2D eigenvalue weighted by Gasteiger charge is -2.26. The molecule has 0 aromatic rings. The third-order valence-corrected chi connectivity index (χ3v) is 2.35. The number of carbonyl (C=O) groups is 1. The summed E-state index contributed by atoms with van der Waals surface area (Å²) in [6.45, 7) is 5.71. The van der Waals surface area contributed by atoms with E-state index in [-0.39, 0.29) is 6.54 Å². The van der Waals surface area contributed by atoms with Crippen molar-refractivity contribution in [2.24, 2.45) is 0 Å². The van der Waals surface area contributed by atoms with Crippen molar-refractivity contribution in [3.8, 4) is 0 Å². The first-order chi connectivity index (χ1) is 6.61. The van der Waals surface area contributed by atoms with Gasteiger partial charge in [0, 0.05) is 26.3 Å². The number of ether oxygens (including phenoxy) is 1. The Balaban J connectivity index is 3.90. The first-order valence-electron chi connectivity index (χ1n) is 5.06. The van der Waals surface area contributed by atoms with E-state index < -0.39 is 5.97 Å². The number of hydrogen-bond donors (Lipinski definition) is 1. The predicted octanol–water partition coefficient (Wildman–Crippen LogP) is 1.21. The maximum atomic E-state index is 10.6. The van der Waals surface area contributed by atoms with Crippen LogP contribution in [-0.4, -0.2) is 48.8 Å². The van der Waals surface area contributed by atoms with Gasteiger partial charge in [0.05, 0.1) is 6.54 Å². The van der Waals surface area contributed by atoms with Crippen molar-refractivity contribution in [1.82, 2.24) is 4.90 Å². The van der Waals surface area contributed by atoms with Crippen LogP contribution < -0.4 is 0 Å². The lowest BCUT2D eigenvalue weighted by molar-refractivity contribution is -0.138. The van der Waals surface area contributed by atoms with Crippen molar-refractivity contribution in [2.75, 3.05) is 26.8 Å². The third kappa shape index (κ3) is 5.94. The molecule has 0 spiro atoms. The van der Waals surface area contributed by atoms with Gasteiger partial charge in [-0.05, 0) is 19.8 Å². The minimum Gasteiger partial charge on any atom is -0.480 e. The highest BCUT2D eigenvalue weighted by molar-refractivity contribution is 5.69. The van der Waals surface area contributed by atoms with Crippen molar-refractivity contribution < 1.29 is 14.6 Å². The van der Waals surface area contributed by atoms with Gasteiger partial charge in [0.2, 0.25) is 0 Å². The number of aliphatic carboxylic acids is 1. The van der Waals surface area contributed by atoms with Gasteiger partial charge in [-0.25, -0.2) is 0 Å². The third-order valence-electron chi connectivity index (χ3n) is 2.35. The molecular formula is C10H21NO3. The second-order valence-electron chi connectivity index (χ2n) is 3.47. The van der Waals surface area contributed by atoms with E-state index in [0.29, 0.717) is 12.6 Å². The molecule has 0 saturated carbocycles. The fraction of sp³-hybridized carbons (Fsp3) is 0.900. The molecule has 0 fully saturated rings. The molecule has 1 N–H and O–H groups in total. The van der Waals surface area contributed by atoms with E-state index in [1.165, 1.54) is 0 Å². The Morgan fingerprint density at radius 1 is 1.57 bits per heavy atom. The molecule has 0 rings (SSSR count). The van der Waals surface area contributed by atoms with Crippen LogP contribution in [0.3, 0.4) is 0 Å². The Labute approximate surface area is 85.9 Å². The van der Waals surface area contributed by atoms with E-state index in [1.54, 1.807) is 7.11 Å². The number of carboxylic acid groups (broad SMARTS) is 1. The van der Waals surface area contributed by atoms with E-state index in [2.05, 4.69) is 13.8 Å². The zero-order valence-corrected chi connectivity index (χ0v) is 9.32. The highest BCUT2D eigenvalue weighted by Gasteiger charge is 2.14. The maximum absolute atomic E-state index is 10.6. The molecule has 0 heterocycles. The van der Waals surface area contributed by atoms with Gasteiger partial charge in [-0.15, -0.1) is 0 Å². The largest absolute Gasteiger partial charge is 0.480 e. The minimum atomic E-state index is -0.761. The fourth-order valence-corrected chi connectivity index (χ4v) is 1.30. The quantitative estimate of drug-likeness (QED) is 0.602. The molecule has 14 heavy (non-hydrogen) atoms. The number of hydrogen-bond acceptors (Lipinski definition) is 3. The summed E-state index contributed by atoms with van der Waals surface area (Å²) < 4.78 is 4.94. The van der Waals surface area contributed by atoms with Crippen LogP contribution in [0.25, 0.3) is 0 Å². The first kappa shape index (κ1) is 13.4. The second kappa shape index (κ2) is 7.76. The molecule has 0 radical (unpaired) electrons. The maximum Gasteiger partial charge on any atom is 0.317 e. The van der Waals surface area contributed by atoms with Crippen molar-refractivity contribution in [1.29, 1.82) is 0 Å². The lowest BCUT2D eigenvalue weighted by atomic mass is 10.2. The molecule has 4 heteroatoms. The number of methoxy groups -OCH3 is 1. The van der Waals surface area contributed by atoms with Crippen LogP contribution in [0.1, 0.15) is 26.7 Å². The van der Waals surface area contributed by atoms with Gasteiger partial charge < -0.3 is 9.84 Å². The Bertz CT molecular complexity index is 161. The van der Waals surface area contributed by atoms with Crippen LogP contribution in [0, 0.1) is 0 Å². The van der Waals surface area contributed by atoms with Crippen LogP contribution in [-0.2, 0) is 9.53 Å². The zero-order valence-electron chi connectivity index (χ0n) is 9.32. The summed E-state index contributed by atoms with van der Waals surface area (Å²) in [5, 5.41) is 8.71. The van der Waals surface area contributed by atoms with Crippen molar-refractivity contribution in [3.63, 3.8) is 0 Å². The summed E-state index contributed by atoms with van der Waals surface area (Å²) in [6.07, 6.45) is 1.86. The van der Waals surface area contributed by atoms with E-state index in [0.717, 1.165) is 19.4 Å². The van der Waals surface area contributed by atoms with Crippen LogP contribution in [0.15, 0.2) is 0 Å². The van der Waals surface area contributed by atoms with Gasteiger partial charge in [0.25, 0.3) is 0 Å². The molecule has 1 unspecified atom stereocenters. The van der Waals surface area contributed by atoms with Crippen LogP contribution >= 0.6 is 0 Å². The molecule has 0 aliphatic carbocycles. The second-order valence-corrected chi connectivity index (χ2v) is 3.47. The van der Waals surface area contributed by atoms with Crippen molar-refractivity contribution in [2.45, 2.75) is 32.7 Å². The molecule has 0 aromatic heterocycles. The standard InChI is InChI=1S/C10H21NO3/c1-4-9(2)11(8-10(12)13)6-5-7-14-3/h9H,4-8H2,1-3H3,(H,12,13). The highest BCUT2D eigenvalue weighted by atomic mass is 16.5. The Kier molecular flexibility index (Phi) is 7.42. The number of rotatable bonds is 8. The molecule has 84 valence electrons. The molecule has 0 saturated heterocycles. The SMILES string of the molecule is CCC(C)N(CCCOC)CC(=O)O. The Hall–Kier alpha value is -0.610. The molecule has 0 aliphatic heterocycles. The number of nitrogens with zero attached hydrogens (tertiary/aromatic N) is 1. The average Bonchev–Trinajstić information content (AvgIpc) is 2.15. The first-order valence-corrected chi connectivity index (χ1v) is 5.06. The van der Waals surface area contributed by atoms with Gasteiger partial charge in [0.15, 0.2) is 0 Å². The molecule has 0 aliphatic rings. The molecule has 0 bridgehead atoms. The fourth-order valence-electron chi connectivity index (χ4n) is 1.30. The predicted molar refractivity (Wildman–Crippen MR) is 55.5 cm³/mol. The van der Waals surface area contributed by atoms with Gasteiger partial charge >= 0.3 is 5.97 Å². The van der Waals surface area contributed by atoms with Crippen LogP contribution in [0.4, 0.5) is 0 Å². The van der Waals surface area contributed by atoms with Crippen LogP contribution in [0.2, 0.25) is 0 Å². The normalized spacial score (nSPS) is 13.1. The average molecular weight is 203 g/mol. The lowest BCUT2D eigenvalue weighted by Crippen LogP contribution is -2.38. The van der Waals surface area contributed by atoms with Gasteiger partial charge in [-0.2, -0.15) is 0 Å². The van der Waals surface area contributed by atoms with E-state index >= 15 is 0 Å². The zero-order chi connectivity index (χ0) is 11.0. The van der Waals surface area contributed by atoms with Crippen LogP contribution in [0.5, 0.6) is 0 Å². The summed E-state index contributed by atoms with van der Waals surface area (Å²) in [7, 11) is 1.66. The summed E-state index contributed by atoms with van der Waals surface area (Å²) >= 11 is 0. The molecule has 1 atom stereocenters. The molecular weight excluding hydrogens is 182 g/mol. The van der Waals surface area contributed by atoms with E-state index in [1.807, 2.05) is 4.90 Å². The molecule has 0 amide bonds. The number of carboxylic acids is 1. The minimum absolute atomic E-state index is 0.124. The van der Waals surface area contributed by atoms with Gasteiger partial charge in [-0.1, -0.05) is 6.92 Å². The summed E-state index contributed by atoms with van der Waals surface area (Å²) in [6, 6.07) is 0.322. The summed E-state index contributed by atoms with van der Waals surface area (Å²) in [5.74, 6) is -0.761. The van der Waals surface area contributed by atoms with Gasteiger partial charge in [0.1, 0.15) is 0 Å². The van der Waals surface area contributed by atoms with E-state index in [9.17, 15) is 4.79 Å². The summed E-state index contributed by atoms with van der Waals surface area (Å²) in [5.41, 5.74) is 0. The highest BCUT2D eigenvalue weighted by Crippen LogP contribution is 2.04.